The lowest BCUT2D eigenvalue weighted by Gasteiger charge is -2.19. The molecule has 2 rings (SSSR count). The van der Waals surface area contributed by atoms with Gasteiger partial charge in [0.05, 0.1) is 10.6 Å². The van der Waals surface area contributed by atoms with E-state index in [-0.39, 0.29) is 17.4 Å². The molecule has 0 fully saturated rings. The molecule has 1 aliphatic rings. The SMILES string of the molecule is CCCCCCNS(=O)(=O)c1cc2c(cc1Br)NC(=O)CO2. The lowest BCUT2D eigenvalue weighted by atomic mass is 10.2. The van der Waals surface area contributed by atoms with Gasteiger partial charge in [0.25, 0.3) is 5.91 Å². The fourth-order valence-corrected chi connectivity index (χ4v) is 4.25. The third kappa shape index (κ3) is 4.21. The highest BCUT2D eigenvalue weighted by atomic mass is 79.9. The second-order valence-electron chi connectivity index (χ2n) is 5.07. The van der Waals surface area contributed by atoms with E-state index in [9.17, 15) is 13.2 Å². The normalized spacial score (nSPS) is 14.2. The number of fused-ring (bicyclic) bond motifs is 1. The number of benzene rings is 1. The number of carbonyl (C=O) groups excluding carboxylic acids is 1. The Kier molecular flexibility index (Phi) is 5.82. The standard InChI is InChI=1S/C14H19BrN2O4S/c1-2-3-4-5-6-16-22(19,20)13-8-12-11(7-10(13)15)17-14(18)9-21-12/h7-8,16H,2-6,9H2,1H3,(H,17,18). The Morgan fingerprint density at radius 3 is 2.82 bits per heavy atom. The summed E-state index contributed by atoms with van der Waals surface area (Å²) in [5, 5.41) is 2.64. The Morgan fingerprint density at radius 2 is 2.09 bits per heavy atom. The van der Waals surface area contributed by atoms with Crippen LogP contribution in [0.3, 0.4) is 0 Å². The van der Waals surface area contributed by atoms with Gasteiger partial charge in [-0.1, -0.05) is 26.2 Å². The summed E-state index contributed by atoms with van der Waals surface area (Å²) in [6.45, 7) is 2.40. The van der Waals surface area contributed by atoms with Crippen molar-refractivity contribution in [3.8, 4) is 5.75 Å². The van der Waals surface area contributed by atoms with Crippen molar-refractivity contribution in [3.63, 3.8) is 0 Å². The Balaban J connectivity index is 2.12. The van der Waals surface area contributed by atoms with Crippen LogP contribution in [-0.4, -0.2) is 27.5 Å². The first-order valence-corrected chi connectivity index (χ1v) is 9.47. The highest BCUT2D eigenvalue weighted by Crippen LogP contribution is 2.35. The van der Waals surface area contributed by atoms with Crippen molar-refractivity contribution < 1.29 is 17.9 Å². The van der Waals surface area contributed by atoms with Crippen molar-refractivity contribution >= 4 is 37.5 Å². The zero-order valence-corrected chi connectivity index (χ0v) is 14.7. The van der Waals surface area contributed by atoms with E-state index in [1.54, 1.807) is 0 Å². The minimum absolute atomic E-state index is 0.109. The fraction of sp³-hybridized carbons (Fsp3) is 0.500. The van der Waals surface area contributed by atoms with Crippen LogP contribution in [0.1, 0.15) is 32.6 Å². The Bertz CT molecular complexity index is 661. The van der Waals surface area contributed by atoms with E-state index in [4.69, 9.17) is 4.74 Å². The first-order chi connectivity index (χ1) is 10.4. The van der Waals surface area contributed by atoms with Crippen molar-refractivity contribution in [2.24, 2.45) is 0 Å². The summed E-state index contributed by atoms with van der Waals surface area (Å²) in [5.41, 5.74) is 0.463. The average molecular weight is 391 g/mol. The first-order valence-electron chi connectivity index (χ1n) is 7.20. The summed E-state index contributed by atoms with van der Waals surface area (Å²) >= 11 is 3.24. The molecular formula is C14H19BrN2O4S. The molecule has 1 aliphatic heterocycles. The molecule has 1 amide bonds. The van der Waals surface area contributed by atoms with Crippen molar-refractivity contribution in [2.75, 3.05) is 18.5 Å². The molecule has 0 unspecified atom stereocenters. The summed E-state index contributed by atoms with van der Waals surface area (Å²) < 4.78 is 32.9. The molecule has 0 bridgehead atoms. The monoisotopic (exact) mass is 390 g/mol. The average Bonchev–Trinajstić information content (AvgIpc) is 2.46. The molecule has 0 atom stereocenters. The molecule has 0 spiro atoms. The van der Waals surface area contributed by atoms with Crippen molar-refractivity contribution in [2.45, 2.75) is 37.5 Å². The van der Waals surface area contributed by atoms with E-state index in [0.29, 0.717) is 22.5 Å². The molecule has 0 radical (unpaired) electrons. The summed E-state index contributed by atoms with van der Waals surface area (Å²) in [5.74, 6) is 0.0956. The van der Waals surface area contributed by atoms with Gasteiger partial charge in [0, 0.05) is 17.1 Å². The summed E-state index contributed by atoms with van der Waals surface area (Å²) in [7, 11) is -3.61. The smallest absolute Gasteiger partial charge is 0.262 e. The molecule has 1 heterocycles. The molecule has 0 aliphatic carbocycles. The van der Waals surface area contributed by atoms with Gasteiger partial charge in [0.1, 0.15) is 5.75 Å². The van der Waals surface area contributed by atoms with E-state index in [2.05, 4.69) is 32.9 Å². The topological polar surface area (TPSA) is 84.5 Å². The highest BCUT2D eigenvalue weighted by Gasteiger charge is 2.23. The number of halogens is 1. The van der Waals surface area contributed by atoms with Crippen LogP contribution in [-0.2, 0) is 14.8 Å². The van der Waals surface area contributed by atoms with E-state index in [0.717, 1.165) is 25.7 Å². The van der Waals surface area contributed by atoms with Crippen LogP contribution in [0.5, 0.6) is 5.75 Å². The number of ether oxygens (including phenoxy) is 1. The van der Waals surface area contributed by atoms with Crippen LogP contribution >= 0.6 is 15.9 Å². The van der Waals surface area contributed by atoms with Gasteiger partial charge in [-0.3, -0.25) is 4.79 Å². The zero-order chi connectivity index (χ0) is 16.2. The summed E-state index contributed by atoms with van der Waals surface area (Å²) in [6.07, 6.45) is 4.01. The van der Waals surface area contributed by atoms with E-state index >= 15 is 0 Å². The molecule has 0 saturated carbocycles. The Hall–Kier alpha value is -1.12. The van der Waals surface area contributed by atoms with Crippen molar-refractivity contribution in [1.29, 1.82) is 0 Å². The van der Waals surface area contributed by atoms with E-state index in [1.165, 1.54) is 12.1 Å². The molecule has 6 nitrogen and oxygen atoms in total. The number of hydrogen-bond acceptors (Lipinski definition) is 4. The van der Waals surface area contributed by atoms with Gasteiger partial charge in [0.2, 0.25) is 10.0 Å². The molecule has 122 valence electrons. The van der Waals surface area contributed by atoms with Crippen LogP contribution in [0.4, 0.5) is 5.69 Å². The highest BCUT2D eigenvalue weighted by molar-refractivity contribution is 9.10. The van der Waals surface area contributed by atoms with Gasteiger partial charge in [0.15, 0.2) is 6.61 Å². The van der Waals surface area contributed by atoms with Crippen LogP contribution in [0.2, 0.25) is 0 Å². The summed E-state index contributed by atoms with van der Waals surface area (Å²) in [4.78, 5) is 11.4. The second-order valence-corrected chi connectivity index (χ2v) is 7.66. The molecule has 1 aromatic carbocycles. The van der Waals surface area contributed by atoms with Gasteiger partial charge in [-0.05, 0) is 28.4 Å². The third-order valence-electron chi connectivity index (χ3n) is 3.28. The van der Waals surface area contributed by atoms with Crippen molar-refractivity contribution in [1.82, 2.24) is 4.72 Å². The van der Waals surface area contributed by atoms with Gasteiger partial charge in [-0.2, -0.15) is 0 Å². The quantitative estimate of drug-likeness (QED) is 0.700. The van der Waals surface area contributed by atoms with Gasteiger partial charge in [-0.15, -0.1) is 0 Å². The molecular weight excluding hydrogens is 372 g/mol. The maximum atomic E-state index is 12.4. The minimum Gasteiger partial charge on any atom is -0.482 e. The molecule has 2 N–H and O–H groups in total. The number of unbranched alkanes of at least 4 members (excludes halogenated alkanes) is 3. The number of carbonyl (C=O) groups is 1. The lowest BCUT2D eigenvalue weighted by Crippen LogP contribution is -2.27. The number of rotatable bonds is 7. The largest absolute Gasteiger partial charge is 0.482 e. The molecule has 8 heteroatoms. The predicted octanol–water partition coefficient (Wildman–Crippen LogP) is 2.64. The molecule has 0 aromatic heterocycles. The maximum Gasteiger partial charge on any atom is 0.262 e. The maximum absolute atomic E-state index is 12.4. The first kappa shape index (κ1) is 17.2. The number of sulfonamides is 1. The molecule has 0 saturated heterocycles. The Labute approximate surface area is 138 Å². The van der Waals surface area contributed by atoms with Gasteiger partial charge >= 0.3 is 0 Å². The van der Waals surface area contributed by atoms with E-state index in [1.807, 2.05) is 0 Å². The fourth-order valence-electron chi connectivity index (χ4n) is 2.12. The van der Waals surface area contributed by atoms with Crippen molar-refractivity contribution in [3.05, 3.63) is 16.6 Å². The van der Waals surface area contributed by atoms with Crippen LogP contribution in [0.25, 0.3) is 0 Å². The van der Waals surface area contributed by atoms with Gasteiger partial charge in [-0.25, -0.2) is 13.1 Å². The minimum atomic E-state index is -3.61. The molecule has 1 aromatic rings. The number of nitrogens with one attached hydrogen (secondary N) is 2. The molecule has 22 heavy (non-hydrogen) atoms. The zero-order valence-electron chi connectivity index (χ0n) is 12.3. The summed E-state index contributed by atoms with van der Waals surface area (Å²) in [6, 6.07) is 2.96. The van der Waals surface area contributed by atoms with Crippen LogP contribution < -0.4 is 14.8 Å². The van der Waals surface area contributed by atoms with Gasteiger partial charge < -0.3 is 10.1 Å². The lowest BCUT2D eigenvalue weighted by molar-refractivity contribution is -0.118. The Morgan fingerprint density at radius 1 is 1.32 bits per heavy atom. The predicted molar refractivity (Wildman–Crippen MR) is 87.6 cm³/mol. The second kappa shape index (κ2) is 7.43. The van der Waals surface area contributed by atoms with Crippen LogP contribution in [0, 0.1) is 0 Å². The van der Waals surface area contributed by atoms with Crippen LogP contribution in [0.15, 0.2) is 21.5 Å². The number of anilines is 1. The number of hydrogen-bond donors (Lipinski definition) is 2. The van der Waals surface area contributed by atoms with E-state index < -0.39 is 10.0 Å². The third-order valence-corrected chi connectivity index (χ3v) is 5.70. The number of amides is 1.